The quantitative estimate of drug-likeness (QED) is 0.891. The standard InChI is InChI=1S/C15H18Cl2N2O3/c1-18(8-10-4-5-11(16)12(17)7-10)14(20)9-19-6-2-3-13(19)15(21)22/h4-5,7,13H,2-3,6,8-9H2,1H3,(H,21,22). The number of benzene rings is 1. The molecule has 0 radical (unpaired) electrons. The van der Waals surface area contributed by atoms with E-state index < -0.39 is 12.0 Å². The minimum Gasteiger partial charge on any atom is -0.480 e. The van der Waals surface area contributed by atoms with E-state index in [0.29, 0.717) is 29.6 Å². The Labute approximate surface area is 139 Å². The summed E-state index contributed by atoms with van der Waals surface area (Å²) in [5.41, 5.74) is 0.876. The van der Waals surface area contributed by atoms with Crippen LogP contribution in [0.1, 0.15) is 18.4 Å². The Hall–Kier alpha value is -1.30. The maximum absolute atomic E-state index is 12.3. The number of rotatable bonds is 5. The first kappa shape index (κ1) is 17.1. The number of hydrogen-bond acceptors (Lipinski definition) is 3. The predicted molar refractivity (Wildman–Crippen MR) is 85.2 cm³/mol. The number of likely N-dealkylation sites (N-methyl/N-ethyl adjacent to an activating group) is 1. The monoisotopic (exact) mass is 344 g/mol. The van der Waals surface area contributed by atoms with Gasteiger partial charge in [0.05, 0.1) is 16.6 Å². The van der Waals surface area contributed by atoms with Crippen molar-refractivity contribution in [3.05, 3.63) is 33.8 Å². The van der Waals surface area contributed by atoms with Gasteiger partial charge in [0.25, 0.3) is 0 Å². The largest absolute Gasteiger partial charge is 0.480 e. The third-order valence-electron chi connectivity index (χ3n) is 3.82. The first-order chi connectivity index (χ1) is 10.4. The molecule has 1 fully saturated rings. The maximum Gasteiger partial charge on any atom is 0.320 e. The summed E-state index contributed by atoms with van der Waals surface area (Å²) in [6.07, 6.45) is 1.40. The van der Waals surface area contributed by atoms with Crippen molar-refractivity contribution < 1.29 is 14.7 Å². The van der Waals surface area contributed by atoms with Crippen molar-refractivity contribution in [3.63, 3.8) is 0 Å². The van der Waals surface area contributed by atoms with E-state index in [9.17, 15) is 9.59 Å². The van der Waals surface area contributed by atoms with Crippen LogP contribution < -0.4 is 0 Å². The van der Waals surface area contributed by atoms with Crippen molar-refractivity contribution in [2.75, 3.05) is 20.1 Å². The Morgan fingerprint density at radius 2 is 2.09 bits per heavy atom. The van der Waals surface area contributed by atoms with Crippen molar-refractivity contribution in [1.82, 2.24) is 9.80 Å². The first-order valence-corrected chi connectivity index (χ1v) is 7.79. The van der Waals surface area contributed by atoms with Gasteiger partial charge in [0.15, 0.2) is 0 Å². The summed E-state index contributed by atoms with van der Waals surface area (Å²) in [7, 11) is 1.69. The summed E-state index contributed by atoms with van der Waals surface area (Å²) in [4.78, 5) is 26.7. The van der Waals surface area contributed by atoms with Gasteiger partial charge in [-0.05, 0) is 37.1 Å². The maximum atomic E-state index is 12.3. The number of carbonyl (C=O) groups excluding carboxylic acids is 1. The fourth-order valence-corrected chi connectivity index (χ4v) is 2.91. The van der Waals surface area contributed by atoms with Crippen molar-refractivity contribution in [1.29, 1.82) is 0 Å². The summed E-state index contributed by atoms with van der Waals surface area (Å²) < 4.78 is 0. The van der Waals surface area contributed by atoms with E-state index >= 15 is 0 Å². The van der Waals surface area contributed by atoms with Crippen LogP contribution in [0.15, 0.2) is 18.2 Å². The van der Waals surface area contributed by atoms with Gasteiger partial charge in [-0.25, -0.2) is 0 Å². The van der Waals surface area contributed by atoms with Crippen molar-refractivity contribution in [2.24, 2.45) is 0 Å². The molecule has 120 valence electrons. The fourth-order valence-electron chi connectivity index (χ4n) is 2.59. The second-order valence-electron chi connectivity index (χ2n) is 5.47. The molecule has 1 atom stereocenters. The van der Waals surface area contributed by atoms with E-state index in [-0.39, 0.29) is 12.5 Å². The van der Waals surface area contributed by atoms with Crippen LogP contribution in [0, 0.1) is 0 Å². The third-order valence-corrected chi connectivity index (χ3v) is 4.56. The van der Waals surface area contributed by atoms with Gasteiger partial charge in [0, 0.05) is 13.6 Å². The molecule has 1 unspecified atom stereocenters. The van der Waals surface area contributed by atoms with Crippen LogP contribution in [0.4, 0.5) is 0 Å². The lowest BCUT2D eigenvalue weighted by Crippen LogP contribution is -2.43. The topological polar surface area (TPSA) is 60.9 Å². The van der Waals surface area contributed by atoms with Gasteiger partial charge >= 0.3 is 5.97 Å². The SMILES string of the molecule is CN(Cc1ccc(Cl)c(Cl)c1)C(=O)CN1CCCC1C(=O)O. The third kappa shape index (κ3) is 4.12. The summed E-state index contributed by atoms with van der Waals surface area (Å²) in [6.45, 7) is 1.17. The van der Waals surface area contributed by atoms with Crippen LogP contribution in [-0.4, -0.2) is 53.0 Å². The molecule has 1 aromatic rings. The van der Waals surface area contributed by atoms with Crippen LogP contribution >= 0.6 is 23.2 Å². The Balaban J connectivity index is 1.94. The molecule has 7 heteroatoms. The van der Waals surface area contributed by atoms with E-state index in [0.717, 1.165) is 12.0 Å². The number of carboxylic acids is 1. The summed E-state index contributed by atoms with van der Waals surface area (Å²) >= 11 is 11.8. The van der Waals surface area contributed by atoms with Gasteiger partial charge in [-0.15, -0.1) is 0 Å². The average molecular weight is 345 g/mol. The summed E-state index contributed by atoms with van der Waals surface area (Å²) in [5.74, 6) is -0.975. The lowest BCUT2D eigenvalue weighted by Gasteiger charge is -2.24. The Morgan fingerprint density at radius 1 is 1.36 bits per heavy atom. The molecule has 0 bridgehead atoms. The molecule has 1 N–H and O–H groups in total. The number of carbonyl (C=O) groups is 2. The van der Waals surface area contributed by atoms with Crippen molar-refractivity contribution >= 4 is 35.1 Å². The van der Waals surface area contributed by atoms with E-state index in [1.807, 2.05) is 6.07 Å². The molecule has 0 saturated carbocycles. The lowest BCUT2D eigenvalue weighted by molar-refractivity contribution is -0.143. The molecular weight excluding hydrogens is 327 g/mol. The van der Waals surface area contributed by atoms with Crippen molar-refractivity contribution in [2.45, 2.75) is 25.4 Å². The number of carboxylic acid groups (broad SMARTS) is 1. The second-order valence-corrected chi connectivity index (χ2v) is 6.28. The molecule has 1 aromatic carbocycles. The van der Waals surface area contributed by atoms with Crippen LogP contribution in [-0.2, 0) is 16.1 Å². The highest BCUT2D eigenvalue weighted by Crippen LogP contribution is 2.23. The molecule has 1 amide bonds. The zero-order valence-electron chi connectivity index (χ0n) is 12.3. The number of hydrogen-bond donors (Lipinski definition) is 1. The van der Waals surface area contributed by atoms with Gasteiger partial charge in [0.2, 0.25) is 5.91 Å². The van der Waals surface area contributed by atoms with Crippen LogP contribution in [0.5, 0.6) is 0 Å². The molecule has 1 aliphatic rings. The number of halogens is 2. The highest BCUT2D eigenvalue weighted by Gasteiger charge is 2.32. The zero-order valence-corrected chi connectivity index (χ0v) is 13.8. The molecule has 0 aromatic heterocycles. The average Bonchev–Trinajstić information content (AvgIpc) is 2.91. The number of nitrogens with zero attached hydrogens (tertiary/aromatic N) is 2. The van der Waals surface area contributed by atoms with E-state index in [2.05, 4.69) is 0 Å². The molecular formula is C15H18Cl2N2O3. The molecule has 1 heterocycles. The molecule has 2 rings (SSSR count). The molecule has 22 heavy (non-hydrogen) atoms. The Morgan fingerprint density at radius 3 is 2.73 bits per heavy atom. The molecule has 1 aliphatic heterocycles. The molecule has 0 aliphatic carbocycles. The molecule has 5 nitrogen and oxygen atoms in total. The Kier molecular flexibility index (Phi) is 5.67. The minimum atomic E-state index is -0.863. The second kappa shape index (κ2) is 7.31. The van der Waals surface area contributed by atoms with Crippen LogP contribution in [0.2, 0.25) is 10.0 Å². The van der Waals surface area contributed by atoms with Crippen LogP contribution in [0.25, 0.3) is 0 Å². The summed E-state index contributed by atoms with van der Waals surface area (Å²) in [5, 5.41) is 10.1. The molecule has 0 spiro atoms. The van der Waals surface area contributed by atoms with Gasteiger partial charge in [-0.1, -0.05) is 29.3 Å². The van der Waals surface area contributed by atoms with Gasteiger partial charge in [0.1, 0.15) is 6.04 Å². The zero-order chi connectivity index (χ0) is 16.3. The molecule has 1 saturated heterocycles. The van der Waals surface area contributed by atoms with E-state index in [1.54, 1.807) is 29.0 Å². The van der Waals surface area contributed by atoms with Gasteiger partial charge in [-0.2, -0.15) is 0 Å². The fraction of sp³-hybridized carbons (Fsp3) is 0.467. The number of likely N-dealkylation sites (tertiary alicyclic amines) is 1. The van der Waals surface area contributed by atoms with Crippen LogP contribution in [0.3, 0.4) is 0 Å². The van der Waals surface area contributed by atoms with E-state index in [1.165, 1.54) is 0 Å². The normalized spacial score (nSPS) is 18.4. The minimum absolute atomic E-state index is 0.112. The number of aliphatic carboxylic acids is 1. The summed E-state index contributed by atoms with van der Waals surface area (Å²) in [6, 6.07) is 4.68. The van der Waals surface area contributed by atoms with Gasteiger partial charge < -0.3 is 10.0 Å². The lowest BCUT2D eigenvalue weighted by atomic mass is 10.2. The highest BCUT2D eigenvalue weighted by atomic mass is 35.5. The first-order valence-electron chi connectivity index (χ1n) is 7.03. The van der Waals surface area contributed by atoms with E-state index in [4.69, 9.17) is 28.3 Å². The van der Waals surface area contributed by atoms with Crippen molar-refractivity contribution in [3.8, 4) is 0 Å². The number of amides is 1. The van der Waals surface area contributed by atoms with Gasteiger partial charge in [-0.3, -0.25) is 14.5 Å². The highest BCUT2D eigenvalue weighted by molar-refractivity contribution is 6.42. The predicted octanol–water partition coefficient (Wildman–Crippen LogP) is 2.50. The smallest absolute Gasteiger partial charge is 0.320 e. The Bertz CT molecular complexity index is 580.